The van der Waals surface area contributed by atoms with Crippen molar-refractivity contribution in [2.45, 2.75) is 26.3 Å². The fourth-order valence-electron chi connectivity index (χ4n) is 4.17. The Kier molecular flexibility index (Phi) is 7.13. The molecule has 3 aromatic heterocycles. The van der Waals surface area contributed by atoms with Crippen molar-refractivity contribution in [3.63, 3.8) is 0 Å². The molecule has 5 aromatic rings. The van der Waals surface area contributed by atoms with Gasteiger partial charge in [-0.1, -0.05) is 24.3 Å². The van der Waals surface area contributed by atoms with E-state index in [1.165, 1.54) is 6.33 Å². The number of carbonyl (C=O) groups is 2. The second-order valence-electron chi connectivity index (χ2n) is 9.02. The molecule has 5 rings (SSSR count). The van der Waals surface area contributed by atoms with E-state index >= 15 is 0 Å². The predicted molar refractivity (Wildman–Crippen MR) is 151 cm³/mol. The van der Waals surface area contributed by atoms with Crippen LogP contribution in [0.25, 0.3) is 22.3 Å². The molecule has 0 spiro atoms. The molecule has 11 heteroatoms. The van der Waals surface area contributed by atoms with Crippen LogP contribution in [0.1, 0.15) is 28.8 Å². The standard InChI is InChI=1S/C28H27N9O2/c1-17-12-13-31-22(15-17)35-28(39)19-10-8-18(9-11-19)25-24-26(30)32-16-33-27(24)37(36-25)14-4-7-23(38)34-21-6-3-2-5-20(21)29/h2-3,5-6,8-13,15-16H,4,7,14,29H2,1H3,(H,34,38)(H2,30,32,33)(H,31,35,39). The maximum Gasteiger partial charge on any atom is 0.256 e. The SMILES string of the molecule is Cc1ccnc(NC(=O)c2ccc(-c3nn(CCCC(=O)Nc4ccccc4N)c4ncnc(N)c34)cc2)c1. The third-order valence-electron chi connectivity index (χ3n) is 6.14. The average Bonchev–Trinajstić information content (AvgIpc) is 3.30. The van der Waals surface area contributed by atoms with Gasteiger partial charge in [0.15, 0.2) is 5.65 Å². The molecule has 3 heterocycles. The Bertz CT molecular complexity index is 1660. The second kappa shape index (κ2) is 11.0. The van der Waals surface area contributed by atoms with Crippen molar-refractivity contribution in [3.05, 3.63) is 84.3 Å². The van der Waals surface area contributed by atoms with Gasteiger partial charge >= 0.3 is 0 Å². The molecular formula is C28H27N9O2. The quantitative estimate of drug-likeness (QED) is 0.222. The van der Waals surface area contributed by atoms with Crippen molar-refractivity contribution in [1.82, 2.24) is 24.7 Å². The van der Waals surface area contributed by atoms with Gasteiger partial charge in [0, 0.05) is 30.3 Å². The number of fused-ring (bicyclic) bond motifs is 1. The van der Waals surface area contributed by atoms with Crippen molar-refractivity contribution in [1.29, 1.82) is 0 Å². The average molecular weight is 522 g/mol. The highest BCUT2D eigenvalue weighted by molar-refractivity contribution is 6.04. The molecule has 0 aliphatic heterocycles. The molecule has 0 saturated heterocycles. The van der Waals surface area contributed by atoms with Gasteiger partial charge in [0.05, 0.1) is 16.8 Å². The lowest BCUT2D eigenvalue weighted by Crippen LogP contribution is -2.14. The highest BCUT2D eigenvalue weighted by Crippen LogP contribution is 2.30. The molecule has 2 amide bonds. The predicted octanol–water partition coefficient (Wildman–Crippen LogP) is 4.03. The largest absolute Gasteiger partial charge is 0.397 e. The number of nitrogens with one attached hydrogen (secondary N) is 2. The van der Waals surface area contributed by atoms with E-state index in [1.54, 1.807) is 53.3 Å². The third kappa shape index (κ3) is 5.67. The van der Waals surface area contributed by atoms with E-state index in [0.29, 0.717) is 58.3 Å². The smallest absolute Gasteiger partial charge is 0.256 e. The van der Waals surface area contributed by atoms with E-state index in [1.807, 2.05) is 25.1 Å². The summed E-state index contributed by atoms with van der Waals surface area (Å²) in [5.74, 6) is 0.368. The number of nitrogen functional groups attached to an aromatic ring is 2. The summed E-state index contributed by atoms with van der Waals surface area (Å²) in [6.45, 7) is 2.37. The molecular weight excluding hydrogens is 494 g/mol. The number of hydrogen-bond acceptors (Lipinski definition) is 8. The lowest BCUT2D eigenvalue weighted by atomic mass is 10.1. The van der Waals surface area contributed by atoms with E-state index in [9.17, 15) is 9.59 Å². The number of nitrogens with zero attached hydrogens (tertiary/aromatic N) is 5. The van der Waals surface area contributed by atoms with Gasteiger partial charge in [0.2, 0.25) is 5.91 Å². The summed E-state index contributed by atoms with van der Waals surface area (Å²) >= 11 is 0. The van der Waals surface area contributed by atoms with Crippen LogP contribution in [0.15, 0.2) is 73.2 Å². The van der Waals surface area contributed by atoms with E-state index < -0.39 is 0 Å². The molecule has 11 nitrogen and oxygen atoms in total. The van der Waals surface area contributed by atoms with Gasteiger partial charge < -0.3 is 22.1 Å². The summed E-state index contributed by atoms with van der Waals surface area (Å²) in [5.41, 5.74) is 16.6. The Morgan fingerprint density at radius 3 is 2.51 bits per heavy atom. The fourth-order valence-corrected chi connectivity index (χ4v) is 4.17. The number of rotatable bonds is 8. The molecule has 0 unspecified atom stereocenters. The van der Waals surface area contributed by atoms with Gasteiger partial charge in [-0.3, -0.25) is 9.59 Å². The number of benzene rings is 2. The fraction of sp³-hybridized carbons (Fsp3) is 0.143. The molecule has 2 aromatic carbocycles. The molecule has 0 bridgehead atoms. The number of para-hydroxylation sites is 2. The molecule has 0 fully saturated rings. The molecule has 0 aliphatic carbocycles. The number of anilines is 4. The maximum absolute atomic E-state index is 12.7. The van der Waals surface area contributed by atoms with Crippen LogP contribution in [0.4, 0.5) is 23.0 Å². The number of carbonyl (C=O) groups excluding carboxylic acids is 2. The maximum atomic E-state index is 12.7. The van der Waals surface area contributed by atoms with E-state index in [0.717, 1.165) is 11.1 Å². The lowest BCUT2D eigenvalue weighted by molar-refractivity contribution is -0.116. The van der Waals surface area contributed by atoms with Crippen molar-refractivity contribution in [2.24, 2.45) is 0 Å². The Labute approximate surface area is 224 Å². The van der Waals surface area contributed by atoms with E-state index in [-0.39, 0.29) is 18.2 Å². The number of hydrogen-bond donors (Lipinski definition) is 4. The summed E-state index contributed by atoms with van der Waals surface area (Å²) in [4.78, 5) is 37.8. The highest BCUT2D eigenvalue weighted by atomic mass is 16.2. The Hall–Kier alpha value is -5.32. The van der Waals surface area contributed by atoms with Crippen LogP contribution < -0.4 is 22.1 Å². The first-order chi connectivity index (χ1) is 18.9. The Morgan fingerprint density at radius 2 is 1.74 bits per heavy atom. The van der Waals surface area contributed by atoms with Gasteiger partial charge in [0.25, 0.3) is 5.91 Å². The lowest BCUT2D eigenvalue weighted by Gasteiger charge is -2.08. The van der Waals surface area contributed by atoms with Crippen LogP contribution in [-0.2, 0) is 11.3 Å². The van der Waals surface area contributed by atoms with Crippen LogP contribution in [0.3, 0.4) is 0 Å². The number of amides is 2. The number of aromatic nitrogens is 5. The summed E-state index contributed by atoms with van der Waals surface area (Å²) in [6, 6.07) is 17.8. The van der Waals surface area contributed by atoms with Crippen LogP contribution in [-0.4, -0.2) is 36.5 Å². The molecule has 39 heavy (non-hydrogen) atoms. The molecule has 0 atom stereocenters. The van der Waals surface area contributed by atoms with Gasteiger partial charge in [-0.05, 0) is 55.3 Å². The van der Waals surface area contributed by atoms with Gasteiger partial charge in [-0.15, -0.1) is 0 Å². The zero-order chi connectivity index (χ0) is 27.4. The van der Waals surface area contributed by atoms with Gasteiger partial charge in [-0.25, -0.2) is 19.6 Å². The first-order valence-electron chi connectivity index (χ1n) is 12.3. The first-order valence-corrected chi connectivity index (χ1v) is 12.3. The Balaban J connectivity index is 1.31. The van der Waals surface area contributed by atoms with Crippen molar-refractivity contribution in [3.8, 4) is 11.3 Å². The third-order valence-corrected chi connectivity index (χ3v) is 6.14. The topological polar surface area (TPSA) is 167 Å². The minimum absolute atomic E-state index is 0.145. The van der Waals surface area contributed by atoms with Crippen LogP contribution in [0.2, 0.25) is 0 Å². The summed E-state index contributed by atoms with van der Waals surface area (Å²) in [5, 5.41) is 11.0. The monoisotopic (exact) mass is 521 g/mol. The van der Waals surface area contributed by atoms with E-state index in [4.69, 9.17) is 16.6 Å². The van der Waals surface area contributed by atoms with Crippen molar-refractivity contribution >= 4 is 45.9 Å². The first kappa shape index (κ1) is 25.3. The highest BCUT2D eigenvalue weighted by Gasteiger charge is 2.18. The van der Waals surface area contributed by atoms with Crippen LogP contribution in [0, 0.1) is 6.92 Å². The molecule has 0 radical (unpaired) electrons. The molecule has 0 aliphatic rings. The van der Waals surface area contributed by atoms with Crippen molar-refractivity contribution < 1.29 is 9.59 Å². The van der Waals surface area contributed by atoms with E-state index in [2.05, 4.69) is 25.6 Å². The molecule has 6 N–H and O–H groups in total. The van der Waals surface area contributed by atoms with Gasteiger partial charge in [0.1, 0.15) is 23.7 Å². The van der Waals surface area contributed by atoms with Crippen molar-refractivity contribution in [2.75, 3.05) is 22.1 Å². The van der Waals surface area contributed by atoms with Gasteiger partial charge in [-0.2, -0.15) is 5.10 Å². The number of pyridine rings is 1. The molecule has 196 valence electrons. The van der Waals surface area contributed by atoms with Crippen LogP contribution in [0.5, 0.6) is 0 Å². The van der Waals surface area contributed by atoms with Crippen LogP contribution >= 0.6 is 0 Å². The minimum atomic E-state index is -0.270. The zero-order valence-corrected chi connectivity index (χ0v) is 21.3. The summed E-state index contributed by atoms with van der Waals surface area (Å²) in [6.07, 6.45) is 3.82. The zero-order valence-electron chi connectivity index (χ0n) is 21.3. The Morgan fingerprint density at radius 1 is 0.949 bits per heavy atom. The normalized spacial score (nSPS) is 10.9. The second-order valence-corrected chi connectivity index (χ2v) is 9.02. The minimum Gasteiger partial charge on any atom is -0.397 e. The number of aryl methyl sites for hydroxylation is 2. The molecule has 0 saturated carbocycles. The summed E-state index contributed by atoms with van der Waals surface area (Å²) in [7, 11) is 0. The summed E-state index contributed by atoms with van der Waals surface area (Å²) < 4.78 is 1.72. The number of nitrogens with two attached hydrogens (primary N) is 2.